The fourth-order valence-electron chi connectivity index (χ4n) is 1.65. The molecule has 0 aromatic heterocycles. The molecule has 0 saturated carbocycles. The highest BCUT2D eigenvalue weighted by Gasteiger charge is 2.12. The molecule has 1 aromatic carbocycles. The van der Waals surface area contributed by atoms with E-state index in [9.17, 15) is 9.59 Å². The quantitative estimate of drug-likeness (QED) is 0.789. The number of hydrogen-bond donors (Lipinski definition) is 2. The van der Waals surface area contributed by atoms with Gasteiger partial charge in [-0.3, -0.25) is 9.59 Å². The van der Waals surface area contributed by atoms with Crippen molar-refractivity contribution in [3.63, 3.8) is 0 Å². The third-order valence-corrected chi connectivity index (χ3v) is 2.82. The van der Waals surface area contributed by atoms with Gasteiger partial charge in [0.1, 0.15) is 0 Å². The third-order valence-electron chi connectivity index (χ3n) is 2.82. The van der Waals surface area contributed by atoms with Crippen LogP contribution < -0.4 is 5.32 Å². The highest BCUT2D eigenvalue weighted by atomic mass is 16.3. The normalized spacial score (nSPS) is 10.1. The minimum absolute atomic E-state index is 0.0550. The number of hydrogen-bond acceptors (Lipinski definition) is 3. The molecule has 5 heteroatoms. The monoisotopic (exact) mass is 264 g/mol. The van der Waals surface area contributed by atoms with Gasteiger partial charge in [0.25, 0.3) is 5.91 Å². The Labute approximate surface area is 113 Å². The zero-order chi connectivity index (χ0) is 14.3. The number of carbonyl (C=O) groups is 2. The highest BCUT2D eigenvalue weighted by molar-refractivity contribution is 5.96. The van der Waals surface area contributed by atoms with Crippen molar-refractivity contribution in [2.75, 3.05) is 26.2 Å². The molecule has 2 N–H and O–H groups in total. The van der Waals surface area contributed by atoms with Crippen molar-refractivity contribution in [3.8, 4) is 0 Å². The first-order valence-corrected chi connectivity index (χ1v) is 6.32. The minimum Gasteiger partial charge on any atom is -0.395 e. The fraction of sp³-hybridized carbons (Fsp3) is 0.429. The van der Waals surface area contributed by atoms with E-state index in [4.69, 9.17) is 5.11 Å². The average molecular weight is 264 g/mol. The standard InChI is InChI=1S/C14H20N2O3/c1-3-16(8-9-17)13(18)10-15-14(19)12-6-4-11(2)5-7-12/h4-7,17H,3,8-10H2,1-2H3,(H,15,19). The van der Waals surface area contributed by atoms with E-state index in [1.807, 2.05) is 26.0 Å². The molecule has 0 atom stereocenters. The summed E-state index contributed by atoms with van der Waals surface area (Å²) in [7, 11) is 0. The number of rotatable bonds is 6. The lowest BCUT2D eigenvalue weighted by molar-refractivity contribution is -0.130. The van der Waals surface area contributed by atoms with Crippen LogP contribution in [0.15, 0.2) is 24.3 Å². The topological polar surface area (TPSA) is 69.6 Å². The number of amides is 2. The van der Waals surface area contributed by atoms with Crippen LogP contribution in [-0.4, -0.2) is 48.1 Å². The van der Waals surface area contributed by atoms with E-state index < -0.39 is 0 Å². The number of benzene rings is 1. The Balaban J connectivity index is 2.49. The largest absolute Gasteiger partial charge is 0.395 e. The van der Waals surface area contributed by atoms with Crippen molar-refractivity contribution in [2.45, 2.75) is 13.8 Å². The number of aliphatic hydroxyl groups is 1. The third kappa shape index (κ3) is 4.71. The number of carbonyl (C=O) groups excluding carboxylic acids is 2. The lowest BCUT2D eigenvalue weighted by Crippen LogP contribution is -2.41. The maximum absolute atomic E-state index is 11.8. The molecule has 1 rings (SSSR count). The van der Waals surface area contributed by atoms with Crippen LogP contribution in [0.2, 0.25) is 0 Å². The molecule has 0 radical (unpaired) electrons. The highest BCUT2D eigenvalue weighted by Crippen LogP contribution is 2.02. The summed E-state index contributed by atoms with van der Waals surface area (Å²) in [4.78, 5) is 25.0. The average Bonchev–Trinajstić information content (AvgIpc) is 2.42. The molecular weight excluding hydrogens is 244 g/mol. The van der Waals surface area contributed by atoms with Gasteiger partial charge in [0.05, 0.1) is 13.2 Å². The van der Waals surface area contributed by atoms with Crippen LogP contribution >= 0.6 is 0 Å². The fourth-order valence-corrected chi connectivity index (χ4v) is 1.65. The Morgan fingerprint density at radius 2 is 1.89 bits per heavy atom. The van der Waals surface area contributed by atoms with E-state index in [1.165, 1.54) is 4.90 Å². The summed E-state index contributed by atoms with van der Waals surface area (Å²) in [6, 6.07) is 7.14. The van der Waals surface area contributed by atoms with E-state index >= 15 is 0 Å². The van der Waals surface area contributed by atoms with Crippen LogP contribution in [-0.2, 0) is 4.79 Å². The Morgan fingerprint density at radius 1 is 1.26 bits per heavy atom. The van der Waals surface area contributed by atoms with Crippen LogP contribution in [0.1, 0.15) is 22.8 Å². The minimum atomic E-state index is -0.270. The molecule has 104 valence electrons. The molecule has 0 spiro atoms. The molecule has 2 amide bonds. The van der Waals surface area contributed by atoms with Gasteiger partial charge in [-0.25, -0.2) is 0 Å². The first-order valence-electron chi connectivity index (χ1n) is 6.32. The van der Waals surface area contributed by atoms with Gasteiger partial charge in [-0.05, 0) is 26.0 Å². The number of nitrogens with zero attached hydrogens (tertiary/aromatic N) is 1. The van der Waals surface area contributed by atoms with E-state index in [2.05, 4.69) is 5.32 Å². The van der Waals surface area contributed by atoms with Crippen molar-refractivity contribution in [2.24, 2.45) is 0 Å². The second kappa shape index (κ2) is 7.53. The molecule has 5 nitrogen and oxygen atoms in total. The van der Waals surface area contributed by atoms with Crippen LogP contribution in [0.4, 0.5) is 0 Å². The second-order valence-electron chi connectivity index (χ2n) is 4.25. The van der Waals surface area contributed by atoms with E-state index in [-0.39, 0.29) is 31.5 Å². The van der Waals surface area contributed by atoms with Crippen molar-refractivity contribution in [1.29, 1.82) is 0 Å². The summed E-state index contributed by atoms with van der Waals surface area (Å²) in [6.45, 7) is 4.44. The smallest absolute Gasteiger partial charge is 0.251 e. The second-order valence-corrected chi connectivity index (χ2v) is 4.25. The lowest BCUT2D eigenvalue weighted by Gasteiger charge is -2.19. The van der Waals surface area contributed by atoms with Gasteiger partial charge >= 0.3 is 0 Å². The van der Waals surface area contributed by atoms with Gasteiger partial charge in [0.15, 0.2) is 0 Å². The maximum atomic E-state index is 11.8. The summed E-state index contributed by atoms with van der Waals surface area (Å²) >= 11 is 0. The molecule has 19 heavy (non-hydrogen) atoms. The predicted molar refractivity (Wildman–Crippen MR) is 72.9 cm³/mol. The molecule has 0 saturated heterocycles. The number of likely N-dealkylation sites (N-methyl/N-ethyl adjacent to an activating group) is 1. The van der Waals surface area contributed by atoms with Crippen molar-refractivity contribution < 1.29 is 14.7 Å². The molecule has 0 aliphatic rings. The van der Waals surface area contributed by atoms with Gasteiger partial charge < -0.3 is 15.3 Å². The Bertz CT molecular complexity index is 429. The van der Waals surface area contributed by atoms with Crippen molar-refractivity contribution >= 4 is 11.8 Å². The van der Waals surface area contributed by atoms with Gasteiger partial charge in [0, 0.05) is 18.7 Å². The summed E-state index contributed by atoms with van der Waals surface area (Å²) < 4.78 is 0. The van der Waals surface area contributed by atoms with E-state index in [1.54, 1.807) is 12.1 Å². The first-order chi connectivity index (χ1) is 9.08. The van der Waals surface area contributed by atoms with Crippen LogP contribution in [0.3, 0.4) is 0 Å². The lowest BCUT2D eigenvalue weighted by atomic mass is 10.1. The summed E-state index contributed by atoms with van der Waals surface area (Å²) in [5, 5.41) is 11.4. The molecule has 0 bridgehead atoms. The molecule has 0 fully saturated rings. The van der Waals surface area contributed by atoms with Gasteiger partial charge in [-0.1, -0.05) is 17.7 Å². The zero-order valence-corrected chi connectivity index (χ0v) is 11.3. The molecule has 0 aliphatic carbocycles. The van der Waals surface area contributed by atoms with Gasteiger partial charge in [-0.2, -0.15) is 0 Å². The summed E-state index contributed by atoms with van der Waals surface area (Å²) in [6.07, 6.45) is 0. The SMILES string of the molecule is CCN(CCO)C(=O)CNC(=O)c1ccc(C)cc1. The summed E-state index contributed by atoms with van der Waals surface area (Å²) in [5.74, 6) is -0.467. The van der Waals surface area contributed by atoms with E-state index in [0.717, 1.165) is 5.56 Å². The molecule has 1 aromatic rings. The van der Waals surface area contributed by atoms with Gasteiger partial charge in [-0.15, -0.1) is 0 Å². The number of nitrogens with one attached hydrogen (secondary N) is 1. The summed E-state index contributed by atoms with van der Waals surface area (Å²) in [5.41, 5.74) is 1.61. The van der Waals surface area contributed by atoms with Crippen LogP contribution in [0, 0.1) is 6.92 Å². The first kappa shape index (κ1) is 15.2. The molecule has 0 unspecified atom stereocenters. The number of aliphatic hydroxyl groups excluding tert-OH is 1. The Hall–Kier alpha value is -1.88. The van der Waals surface area contributed by atoms with E-state index in [0.29, 0.717) is 12.1 Å². The zero-order valence-electron chi connectivity index (χ0n) is 11.3. The Morgan fingerprint density at radius 3 is 2.42 bits per heavy atom. The predicted octanol–water partition coefficient (Wildman–Crippen LogP) is 0.566. The maximum Gasteiger partial charge on any atom is 0.251 e. The molecule has 0 heterocycles. The van der Waals surface area contributed by atoms with Gasteiger partial charge in [0.2, 0.25) is 5.91 Å². The van der Waals surface area contributed by atoms with Crippen molar-refractivity contribution in [3.05, 3.63) is 35.4 Å². The molecule has 0 aliphatic heterocycles. The van der Waals surface area contributed by atoms with Crippen molar-refractivity contribution in [1.82, 2.24) is 10.2 Å². The number of aryl methyl sites for hydroxylation is 1. The van der Waals surface area contributed by atoms with Crippen LogP contribution in [0.5, 0.6) is 0 Å². The molecular formula is C14H20N2O3. The Kier molecular flexibility index (Phi) is 6.02. The van der Waals surface area contributed by atoms with Crippen LogP contribution in [0.25, 0.3) is 0 Å².